The highest BCUT2D eigenvalue weighted by Gasteiger charge is 2.06. The van der Waals surface area contributed by atoms with Gasteiger partial charge in [0.05, 0.1) is 0 Å². The third-order valence-electron chi connectivity index (χ3n) is 8.86. The van der Waals surface area contributed by atoms with Crippen LogP contribution in [0.25, 0.3) is 0 Å². The van der Waals surface area contributed by atoms with Crippen LogP contribution in [-0.2, 0) is 0 Å². The van der Waals surface area contributed by atoms with Crippen molar-refractivity contribution in [3.05, 3.63) is 71.9 Å². The van der Waals surface area contributed by atoms with E-state index in [9.17, 15) is 0 Å². The molecule has 0 bridgehead atoms. The van der Waals surface area contributed by atoms with Crippen molar-refractivity contribution in [2.45, 2.75) is 180 Å². The first-order valence-corrected chi connectivity index (χ1v) is 18.0. The van der Waals surface area contributed by atoms with E-state index in [4.69, 9.17) is 0 Å². The Kier molecular flexibility index (Phi) is 23.9. The van der Waals surface area contributed by atoms with Crippen molar-refractivity contribution in [1.29, 1.82) is 0 Å². The lowest BCUT2D eigenvalue weighted by molar-refractivity contribution is 0.539. The molecule has 0 radical (unpaired) electrons. The van der Waals surface area contributed by atoms with Crippen LogP contribution in [0.4, 0.5) is 0 Å². The zero-order valence-electron chi connectivity index (χ0n) is 26.6. The van der Waals surface area contributed by atoms with E-state index in [0.29, 0.717) is 0 Å². The molecule has 0 aromatic heterocycles. The van der Waals surface area contributed by atoms with E-state index >= 15 is 0 Å². The molecule has 0 spiro atoms. The summed E-state index contributed by atoms with van der Waals surface area (Å²) in [5, 5.41) is 0. The van der Waals surface area contributed by atoms with Gasteiger partial charge >= 0.3 is 0 Å². The molecule has 0 unspecified atom stereocenters. The van der Waals surface area contributed by atoms with Crippen molar-refractivity contribution in [3.63, 3.8) is 0 Å². The molecule has 0 saturated carbocycles. The third-order valence-corrected chi connectivity index (χ3v) is 8.86. The van der Waals surface area contributed by atoms with Crippen molar-refractivity contribution >= 4 is 0 Å². The minimum absolute atomic E-state index is 1.23. The number of allylic oxidation sites excluding steroid dienone is 12. The summed E-state index contributed by atoms with van der Waals surface area (Å²) in [7, 11) is 0. The van der Waals surface area contributed by atoms with Crippen LogP contribution in [0, 0.1) is 0 Å². The Morgan fingerprint density at radius 1 is 0.250 bits per heavy atom. The fourth-order valence-corrected chi connectivity index (χ4v) is 6.21. The van der Waals surface area contributed by atoms with Crippen molar-refractivity contribution in [2.24, 2.45) is 0 Å². The highest BCUT2D eigenvalue weighted by atomic mass is 14.1. The molecular weight excluding hydrogens is 480 g/mol. The van der Waals surface area contributed by atoms with Gasteiger partial charge in [0.15, 0.2) is 0 Å². The lowest BCUT2D eigenvalue weighted by Gasteiger charge is -2.13. The van der Waals surface area contributed by atoms with E-state index in [1.807, 2.05) is 0 Å². The largest absolute Gasteiger partial charge is 0.0845 e. The van der Waals surface area contributed by atoms with Gasteiger partial charge in [-0.3, -0.25) is 0 Å². The Balaban J connectivity index is 2.05. The minimum atomic E-state index is 1.23. The minimum Gasteiger partial charge on any atom is -0.0845 e. The number of hydrogen-bond donors (Lipinski definition) is 0. The van der Waals surface area contributed by atoms with Gasteiger partial charge in [-0.15, -0.1) is 0 Å². The molecule has 2 rings (SSSR count). The summed E-state index contributed by atoms with van der Waals surface area (Å²) in [6.45, 7) is 0. The van der Waals surface area contributed by atoms with Crippen LogP contribution in [0.3, 0.4) is 0 Å². The van der Waals surface area contributed by atoms with Crippen molar-refractivity contribution < 1.29 is 0 Å². The monoisotopic (exact) mass is 547 g/mol. The maximum absolute atomic E-state index is 2.44. The van der Waals surface area contributed by atoms with Crippen LogP contribution >= 0.6 is 0 Å². The average molecular weight is 547 g/mol. The van der Waals surface area contributed by atoms with Crippen LogP contribution in [0.5, 0.6) is 0 Å². The van der Waals surface area contributed by atoms with E-state index in [2.05, 4.69) is 60.8 Å². The number of hydrogen-bond acceptors (Lipinski definition) is 0. The Bertz CT molecular complexity index is 676. The summed E-state index contributed by atoms with van der Waals surface area (Å²) >= 11 is 0. The Labute approximate surface area is 251 Å². The zero-order valence-corrected chi connectivity index (χ0v) is 26.6. The molecule has 226 valence electrons. The molecule has 2 aliphatic carbocycles. The lowest BCUT2D eigenvalue weighted by atomic mass is 9.93. The molecule has 0 atom stereocenters. The van der Waals surface area contributed by atoms with E-state index in [-0.39, 0.29) is 0 Å². The molecular formula is C40H66. The molecule has 0 N–H and O–H groups in total. The molecule has 40 heavy (non-hydrogen) atoms. The first-order valence-electron chi connectivity index (χ1n) is 18.0. The predicted molar refractivity (Wildman–Crippen MR) is 182 cm³/mol. The Morgan fingerprint density at radius 2 is 0.525 bits per heavy atom. The van der Waals surface area contributed by atoms with Gasteiger partial charge in [0.2, 0.25) is 0 Å². The number of rotatable bonds is 1. The normalized spacial score (nSPS) is 26.3. The predicted octanol–water partition coefficient (Wildman–Crippen LogP) is 14.0. The summed E-state index contributed by atoms with van der Waals surface area (Å²) in [5.74, 6) is 0. The van der Waals surface area contributed by atoms with E-state index in [0.717, 1.165) is 0 Å². The summed E-state index contributed by atoms with van der Waals surface area (Å²) in [5.41, 5.74) is 3.16. The molecule has 0 aliphatic heterocycles. The fourth-order valence-electron chi connectivity index (χ4n) is 6.21. The lowest BCUT2D eigenvalue weighted by Crippen LogP contribution is -1.93. The molecule has 0 saturated heterocycles. The van der Waals surface area contributed by atoms with E-state index in [1.165, 1.54) is 180 Å². The van der Waals surface area contributed by atoms with Gasteiger partial charge < -0.3 is 0 Å². The molecule has 2 aliphatic rings. The highest BCUT2D eigenvalue weighted by Crippen LogP contribution is 2.25. The smallest absolute Gasteiger partial charge is 0.0276 e. The van der Waals surface area contributed by atoms with Crippen molar-refractivity contribution in [3.8, 4) is 0 Å². The Morgan fingerprint density at radius 3 is 0.850 bits per heavy atom. The van der Waals surface area contributed by atoms with Gasteiger partial charge in [0.25, 0.3) is 0 Å². The third kappa shape index (κ3) is 21.2. The molecule has 0 heterocycles. The summed E-state index contributed by atoms with van der Waals surface area (Å²) in [6.07, 6.45) is 62.2. The summed E-state index contributed by atoms with van der Waals surface area (Å²) in [4.78, 5) is 0. The first-order chi connectivity index (χ1) is 20.0. The second kappa shape index (κ2) is 27.6. The SMILES string of the molecule is C1=C/C=C/CCCCCCCCCCCCCCC(\C2=C/C=C\C=C\CCCCCCCCCCCCCC2)=C1. The maximum Gasteiger partial charge on any atom is -0.0276 e. The van der Waals surface area contributed by atoms with Gasteiger partial charge in [0, 0.05) is 0 Å². The van der Waals surface area contributed by atoms with Gasteiger partial charge in [-0.05, 0) is 62.5 Å². The van der Waals surface area contributed by atoms with Crippen LogP contribution in [0.15, 0.2) is 71.9 Å². The molecule has 0 heteroatoms. The fraction of sp³-hybridized carbons (Fsp3) is 0.700. The highest BCUT2D eigenvalue weighted by molar-refractivity contribution is 5.37. The quantitative estimate of drug-likeness (QED) is 0.307. The molecule has 0 fully saturated rings. The molecule has 0 amide bonds. The second-order valence-electron chi connectivity index (χ2n) is 12.6. The van der Waals surface area contributed by atoms with Crippen LogP contribution in [0.2, 0.25) is 0 Å². The van der Waals surface area contributed by atoms with Crippen LogP contribution in [-0.4, -0.2) is 0 Å². The van der Waals surface area contributed by atoms with Crippen LogP contribution in [0.1, 0.15) is 180 Å². The maximum atomic E-state index is 2.44. The van der Waals surface area contributed by atoms with Gasteiger partial charge in [-0.2, -0.15) is 0 Å². The van der Waals surface area contributed by atoms with Gasteiger partial charge in [-0.1, -0.05) is 189 Å². The topological polar surface area (TPSA) is 0 Å². The molecule has 0 aromatic rings. The zero-order chi connectivity index (χ0) is 28.0. The molecule has 0 aromatic carbocycles. The van der Waals surface area contributed by atoms with Crippen LogP contribution < -0.4 is 0 Å². The van der Waals surface area contributed by atoms with E-state index in [1.54, 1.807) is 11.1 Å². The second-order valence-corrected chi connectivity index (χ2v) is 12.6. The van der Waals surface area contributed by atoms with E-state index < -0.39 is 0 Å². The van der Waals surface area contributed by atoms with Crippen molar-refractivity contribution in [1.82, 2.24) is 0 Å². The molecule has 0 nitrogen and oxygen atoms in total. The van der Waals surface area contributed by atoms with Crippen molar-refractivity contribution in [2.75, 3.05) is 0 Å². The first kappa shape index (κ1) is 34.6. The van der Waals surface area contributed by atoms with Gasteiger partial charge in [-0.25, -0.2) is 0 Å². The average Bonchev–Trinajstić information content (AvgIpc) is 2.96. The van der Waals surface area contributed by atoms with Gasteiger partial charge in [0.1, 0.15) is 0 Å². The summed E-state index contributed by atoms with van der Waals surface area (Å²) < 4.78 is 0. The Hall–Kier alpha value is -1.56. The summed E-state index contributed by atoms with van der Waals surface area (Å²) in [6, 6.07) is 0. The standard InChI is InChI=1S/C40H66/c1-3-7-11-15-19-23-27-31-35-39(36-32-28-24-20-16-12-8-4-1)40-37-33-29-25-21-17-13-9-5-2-6-10-14-18-22-26-30-34-38-40/h19,21,23,25,27,29,31,33,35,37H,1-18,20,22,24,26,28,30,32,34,36,38H2/b23-19+,25-21+,31-27-,33-29?,39-35-,40-37?.